The van der Waals surface area contributed by atoms with Crippen molar-refractivity contribution in [1.29, 1.82) is 0 Å². The van der Waals surface area contributed by atoms with Crippen LogP contribution in [-0.4, -0.2) is 49.8 Å². The van der Waals surface area contributed by atoms with Crippen LogP contribution in [0, 0.1) is 6.92 Å². The molecule has 23 heavy (non-hydrogen) atoms. The van der Waals surface area contributed by atoms with Gasteiger partial charge in [0.25, 0.3) is 0 Å². The number of aliphatic imine (C=N–C) groups is 1. The van der Waals surface area contributed by atoms with Gasteiger partial charge in [-0.1, -0.05) is 37.6 Å². The number of rotatable bonds is 7. The van der Waals surface area contributed by atoms with E-state index in [0.717, 1.165) is 36.2 Å². The predicted octanol–water partition coefficient (Wildman–Crippen LogP) is 3.82. The smallest absolute Gasteiger partial charge is 0.123 e. The van der Waals surface area contributed by atoms with Crippen LogP contribution < -0.4 is 0 Å². The monoisotopic (exact) mass is 319 g/mol. The Morgan fingerprint density at radius 1 is 1.13 bits per heavy atom. The minimum atomic E-state index is 0.404. The lowest BCUT2D eigenvalue weighted by molar-refractivity contribution is 0.345. The minimum absolute atomic E-state index is 0.404. The summed E-state index contributed by atoms with van der Waals surface area (Å²) in [5, 5.41) is 9.98. The molecule has 0 radical (unpaired) electrons. The maximum atomic E-state index is 9.98. The van der Waals surface area contributed by atoms with E-state index >= 15 is 0 Å². The number of phenols is 1. The number of hydrogen-bond acceptors (Lipinski definition) is 4. The van der Waals surface area contributed by atoms with Crippen LogP contribution >= 0.6 is 0 Å². The summed E-state index contributed by atoms with van der Waals surface area (Å²) in [5.41, 5.74) is 3.10. The first kappa shape index (κ1) is 21.0. The van der Waals surface area contributed by atoms with Crippen LogP contribution in [0.15, 0.2) is 29.5 Å². The van der Waals surface area contributed by atoms with Crippen molar-refractivity contribution >= 4 is 6.72 Å². The van der Waals surface area contributed by atoms with Gasteiger partial charge in [0.05, 0.1) is 12.4 Å². The molecule has 1 N–H and O–H groups in total. The first-order valence-electron chi connectivity index (χ1n) is 8.01. The molecule has 0 amide bonds. The van der Waals surface area contributed by atoms with Crippen LogP contribution in [-0.2, 0) is 13.0 Å². The highest BCUT2D eigenvalue weighted by Gasteiger charge is 2.07. The molecular formula is C19H33N3O. The third-order valence-electron chi connectivity index (χ3n) is 3.53. The van der Waals surface area contributed by atoms with E-state index in [9.17, 15) is 5.11 Å². The van der Waals surface area contributed by atoms with E-state index < -0.39 is 0 Å². The summed E-state index contributed by atoms with van der Waals surface area (Å²) in [6, 6.07) is 4.02. The van der Waals surface area contributed by atoms with Crippen molar-refractivity contribution in [2.45, 2.75) is 39.7 Å². The van der Waals surface area contributed by atoms with E-state index in [1.54, 1.807) is 0 Å². The molecule has 0 heterocycles. The van der Waals surface area contributed by atoms with Crippen LogP contribution in [0.4, 0.5) is 0 Å². The van der Waals surface area contributed by atoms with E-state index in [1.807, 2.05) is 51.0 Å². The van der Waals surface area contributed by atoms with Crippen molar-refractivity contribution < 1.29 is 5.11 Å². The number of aromatic hydroxyl groups is 1. The molecular weight excluding hydrogens is 286 g/mol. The lowest BCUT2D eigenvalue weighted by Gasteiger charge is -2.22. The maximum Gasteiger partial charge on any atom is 0.123 e. The first-order chi connectivity index (χ1) is 10.7. The number of phenolic OH excluding ortho intramolecular Hbond substituents is 1. The van der Waals surface area contributed by atoms with Gasteiger partial charge < -0.3 is 14.9 Å². The Kier molecular flexibility index (Phi) is 9.79. The Labute approximate surface area is 142 Å². The topological polar surface area (TPSA) is 39.1 Å². The Morgan fingerprint density at radius 2 is 1.65 bits per heavy atom. The summed E-state index contributed by atoms with van der Waals surface area (Å²) in [4.78, 5) is 7.76. The second-order valence-electron chi connectivity index (χ2n) is 6.12. The highest BCUT2D eigenvalue weighted by atomic mass is 16.3. The quantitative estimate of drug-likeness (QED) is 0.777. The first-order valence-corrected chi connectivity index (χ1v) is 8.01. The zero-order chi connectivity index (χ0) is 18.0. The van der Waals surface area contributed by atoms with E-state index in [-0.39, 0.29) is 0 Å². The summed E-state index contributed by atoms with van der Waals surface area (Å²) in [6.45, 7) is 12.0. The largest absolute Gasteiger partial charge is 0.507 e. The number of aryl methyl sites for hydroxylation is 2. The van der Waals surface area contributed by atoms with Crippen molar-refractivity contribution in [3.63, 3.8) is 0 Å². The van der Waals surface area contributed by atoms with Gasteiger partial charge in [-0.25, -0.2) is 0 Å². The molecule has 130 valence electrons. The Morgan fingerprint density at radius 3 is 2.04 bits per heavy atom. The normalized spacial score (nSPS) is 9.65. The van der Waals surface area contributed by atoms with Gasteiger partial charge in [-0.3, -0.25) is 4.99 Å². The van der Waals surface area contributed by atoms with Crippen LogP contribution in [0.5, 0.6) is 5.75 Å². The van der Waals surface area contributed by atoms with E-state index in [0.29, 0.717) is 12.3 Å². The van der Waals surface area contributed by atoms with Gasteiger partial charge in [0, 0.05) is 33.8 Å². The number of hydrogen-bond donors (Lipinski definition) is 1. The second-order valence-corrected chi connectivity index (χ2v) is 6.12. The van der Waals surface area contributed by atoms with Gasteiger partial charge in [-0.05, 0) is 32.0 Å². The zero-order valence-electron chi connectivity index (χ0n) is 15.7. The SMILES string of the molecule is C=C(N(C)C)N(C)C.C=NCc1cc(C)cc(CCCC)c1O. The van der Waals surface area contributed by atoms with Gasteiger partial charge in [0.1, 0.15) is 5.75 Å². The van der Waals surface area contributed by atoms with E-state index in [4.69, 9.17) is 0 Å². The van der Waals surface area contributed by atoms with Crippen LogP contribution in [0.1, 0.15) is 36.5 Å². The van der Waals surface area contributed by atoms with Crippen molar-refractivity contribution in [3.8, 4) is 5.75 Å². The van der Waals surface area contributed by atoms with E-state index in [1.165, 1.54) is 5.56 Å². The molecule has 0 unspecified atom stereocenters. The van der Waals surface area contributed by atoms with Crippen LogP contribution in [0.2, 0.25) is 0 Å². The fourth-order valence-electron chi connectivity index (χ4n) is 2.13. The molecule has 1 rings (SSSR count). The highest BCUT2D eigenvalue weighted by molar-refractivity contribution is 5.44. The molecule has 0 aromatic heterocycles. The molecule has 0 spiro atoms. The maximum absolute atomic E-state index is 9.98. The van der Waals surface area contributed by atoms with Gasteiger partial charge in [-0.15, -0.1) is 0 Å². The van der Waals surface area contributed by atoms with Crippen molar-refractivity contribution in [2.24, 2.45) is 4.99 Å². The van der Waals surface area contributed by atoms with Gasteiger partial charge >= 0.3 is 0 Å². The summed E-state index contributed by atoms with van der Waals surface area (Å²) in [6.07, 6.45) is 3.19. The molecule has 0 fully saturated rings. The van der Waals surface area contributed by atoms with Gasteiger partial charge in [0.15, 0.2) is 0 Å². The van der Waals surface area contributed by atoms with Crippen LogP contribution in [0.3, 0.4) is 0 Å². The van der Waals surface area contributed by atoms with Gasteiger partial charge in [0.2, 0.25) is 0 Å². The second kappa shape index (κ2) is 10.7. The lowest BCUT2D eigenvalue weighted by atomic mass is 10.0. The van der Waals surface area contributed by atoms with Crippen molar-refractivity contribution in [1.82, 2.24) is 9.80 Å². The summed E-state index contributed by atoms with van der Waals surface area (Å²) < 4.78 is 0. The zero-order valence-corrected chi connectivity index (χ0v) is 15.7. The standard InChI is InChI=1S/C13H19NO.C6H14N2/c1-4-5-6-11-7-10(2)8-12(9-14-3)13(11)15;1-6(7(2)3)8(4)5/h7-8,15H,3-6,9H2,1-2H3;1H2,2-5H3. The number of nitrogens with zero attached hydrogens (tertiary/aromatic N) is 3. The summed E-state index contributed by atoms with van der Waals surface area (Å²) >= 11 is 0. The fraction of sp³-hybridized carbons (Fsp3) is 0.526. The lowest BCUT2D eigenvalue weighted by Crippen LogP contribution is -2.23. The third-order valence-corrected chi connectivity index (χ3v) is 3.53. The molecule has 0 atom stereocenters. The molecule has 0 aliphatic heterocycles. The van der Waals surface area contributed by atoms with Gasteiger partial charge in [-0.2, -0.15) is 0 Å². The third kappa shape index (κ3) is 7.73. The summed E-state index contributed by atoms with van der Waals surface area (Å²) in [5.74, 6) is 1.42. The Bertz CT molecular complexity index is 498. The van der Waals surface area contributed by atoms with E-state index in [2.05, 4.69) is 31.3 Å². The average molecular weight is 319 g/mol. The fourth-order valence-corrected chi connectivity index (χ4v) is 2.13. The molecule has 1 aromatic carbocycles. The molecule has 0 aliphatic carbocycles. The Hall–Kier alpha value is -1.97. The molecule has 0 saturated heterocycles. The number of benzene rings is 1. The Balaban J connectivity index is 0.000000515. The minimum Gasteiger partial charge on any atom is -0.507 e. The molecule has 0 bridgehead atoms. The number of unbranched alkanes of at least 4 members (excludes halogenated alkanes) is 1. The molecule has 4 nitrogen and oxygen atoms in total. The van der Waals surface area contributed by atoms with Crippen molar-refractivity contribution in [3.05, 3.63) is 41.2 Å². The molecule has 1 aromatic rings. The molecule has 4 heteroatoms. The average Bonchev–Trinajstić information content (AvgIpc) is 2.49. The van der Waals surface area contributed by atoms with Crippen LogP contribution in [0.25, 0.3) is 0 Å². The molecule has 0 saturated carbocycles. The van der Waals surface area contributed by atoms with Crippen molar-refractivity contribution in [2.75, 3.05) is 28.2 Å². The summed E-state index contributed by atoms with van der Waals surface area (Å²) in [7, 11) is 7.90. The highest BCUT2D eigenvalue weighted by Crippen LogP contribution is 2.26. The molecule has 0 aliphatic rings. The predicted molar refractivity (Wildman–Crippen MR) is 101 cm³/mol.